The molecule has 0 saturated heterocycles. The topological polar surface area (TPSA) is 38.3 Å². The van der Waals surface area contributed by atoms with Crippen LogP contribution in [-0.4, -0.2) is 30.3 Å². The van der Waals surface area contributed by atoms with Crippen LogP contribution in [0.25, 0.3) is 0 Å². The van der Waals surface area contributed by atoms with Crippen LogP contribution >= 0.6 is 0 Å². The van der Waals surface area contributed by atoms with Gasteiger partial charge in [0.2, 0.25) is 0 Å². The number of alkyl carbamates (subject to hydrolysis) is 1. The Balaban J connectivity index is 2.41. The van der Waals surface area contributed by atoms with Gasteiger partial charge in [0.25, 0.3) is 6.43 Å². The van der Waals surface area contributed by atoms with E-state index >= 15 is 0 Å². The molecule has 0 aromatic rings. The van der Waals surface area contributed by atoms with Gasteiger partial charge in [-0.2, -0.15) is 0 Å². The van der Waals surface area contributed by atoms with Gasteiger partial charge in [-0.3, -0.25) is 0 Å². The van der Waals surface area contributed by atoms with Crippen molar-refractivity contribution in [2.45, 2.75) is 57.3 Å². The Hall–Kier alpha value is -0.940. The summed E-state index contributed by atoms with van der Waals surface area (Å²) in [6.07, 6.45) is -3.27. The predicted molar refractivity (Wildman–Crippen MR) is 52.2 cm³/mol. The minimum absolute atomic E-state index is 0.392. The van der Waals surface area contributed by atoms with Crippen LogP contribution in [0.2, 0.25) is 0 Å². The SMILES string of the molecule is CC(C)(OC(=O)NC1CCCC1F)C(F)F. The molecule has 2 unspecified atom stereocenters. The normalized spacial score (nSPS) is 25.9. The number of nitrogens with one attached hydrogen (secondary N) is 1. The van der Waals surface area contributed by atoms with Crippen molar-refractivity contribution < 1.29 is 22.7 Å². The first kappa shape index (κ1) is 13.1. The molecular weight excluding hydrogens is 223 g/mol. The molecule has 0 aliphatic heterocycles. The van der Waals surface area contributed by atoms with E-state index in [1.165, 1.54) is 0 Å². The minimum atomic E-state index is -2.77. The lowest BCUT2D eigenvalue weighted by Gasteiger charge is -2.25. The molecule has 1 aliphatic rings. The molecule has 6 heteroatoms. The highest BCUT2D eigenvalue weighted by molar-refractivity contribution is 5.68. The first-order valence-electron chi connectivity index (χ1n) is 5.24. The van der Waals surface area contributed by atoms with Gasteiger partial charge in [0.15, 0.2) is 5.60 Å². The second-order valence-corrected chi connectivity index (χ2v) is 4.49. The van der Waals surface area contributed by atoms with E-state index in [0.29, 0.717) is 19.3 Å². The van der Waals surface area contributed by atoms with Crippen molar-refractivity contribution >= 4 is 6.09 Å². The summed E-state index contributed by atoms with van der Waals surface area (Å²) in [5.74, 6) is 0. The van der Waals surface area contributed by atoms with Gasteiger partial charge in [-0.25, -0.2) is 18.0 Å². The van der Waals surface area contributed by atoms with E-state index in [1.807, 2.05) is 0 Å². The minimum Gasteiger partial charge on any atom is -0.437 e. The molecule has 3 nitrogen and oxygen atoms in total. The van der Waals surface area contributed by atoms with E-state index < -0.39 is 30.3 Å². The lowest BCUT2D eigenvalue weighted by molar-refractivity contribution is -0.0780. The van der Waals surface area contributed by atoms with Gasteiger partial charge in [-0.1, -0.05) is 0 Å². The molecule has 1 rings (SSSR count). The third-order valence-corrected chi connectivity index (χ3v) is 2.62. The lowest BCUT2D eigenvalue weighted by atomic mass is 10.1. The highest BCUT2D eigenvalue weighted by Crippen LogP contribution is 2.23. The summed E-state index contributed by atoms with van der Waals surface area (Å²) in [6.45, 7) is 2.22. The summed E-state index contributed by atoms with van der Waals surface area (Å²) in [7, 11) is 0. The highest BCUT2D eigenvalue weighted by atomic mass is 19.3. The van der Waals surface area contributed by atoms with Crippen molar-refractivity contribution in [3.05, 3.63) is 0 Å². The van der Waals surface area contributed by atoms with E-state index in [9.17, 15) is 18.0 Å². The van der Waals surface area contributed by atoms with Crippen LogP contribution in [0.4, 0.5) is 18.0 Å². The van der Waals surface area contributed by atoms with Crippen LogP contribution in [0.15, 0.2) is 0 Å². The summed E-state index contributed by atoms with van der Waals surface area (Å²) >= 11 is 0. The fraction of sp³-hybridized carbons (Fsp3) is 0.900. The molecule has 2 atom stereocenters. The molecule has 0 heterocycles. The molecule has 1 saturated carbocycles. The Labute approximate surface area is 92.3 Å². The summed E-state index contributed by atoms with van der Waals surface area (Å²) in [5, 5.41) is 2.27. The number of alkyl halides is 3. The first-order chi connectivity index (χ1) is 7.33. The molecule has 0 spiro atoms. The largest absolute Gasteiger partial charge is 0.437 e. The Morgan fingerprint density at radius 2 is 2.06 bits per heavy atom. The lowest BCUT2D eigenvalue weighted by Crippen LogP contribution is -2.44. The maximum Gasteiger partial charge on any atom is 0.408 e. The van der Waals surface area contributed by atoms with Gasteiger partial charge in [-0.15, -0.1) is 0 Å². The first-order valence-corrected chi connectivity index (χ1v) is 5.24. The number of ether oxygens (including phenoxy) is 1. The predicted octanol–water partition coefficient (Wildman–Crippen LogP) is 2.65. The van der Waals surface area contributed by atoms with Crippen LogP contribution in [-0.2, 0) is 4.74 Å². The summed E-state index contributed by atoms with van der Waals surface area (Å²) in [6, 6.07) is -0.610. The number of halogens is 3. The van der Waals surface area contributed by atoms with Gasteiger partial charge in [-0.05, 0) is 33.1 Å². The molecule has 16 heavy (non-hydrogen) atoms. The van der Waals surface area contributed by atoms with Crippen molar-refractivity contribution in [2.75, 3.05) is 0 Å². The van der Waals surface area contributed by atoms with Crippen LogP contribution in [0.1, 0.15) is 33.1 Å². The van der Waals surface area contributed by atoms with Crippen molar-refractivity contribution in [2.24, 2.45) is 0 Å². The molecule has 1 fully saturated rings. The number of hydrogen-bond donors (Lipinski definition) is 1. The molecule has 0 bridgehead atoms. The number of rotatable bonds is 3. The summed E-state index contributed by atoms with van der Waals surface area (Å²) in [5.41, 5.74) is -1.85. The molecule has 0 radical (unpaired) electrons. The zero-order valence-electron chi connectivity index (χ0n) is 9.30. The average molecular weight is 239 g/mol. The molecular formula is C10H16F3NO2. The Morgan fingerprint density at radius 3 is 2.50 bits per heavy atom. The maximum absolute atomic E-state index is 13.1. The van der Waals surface area contributed by atoms with Crippen molar-refractivity contribution in [3.8, 4) is 0 Å². The van der Waals surface area contributed by atoms with Gasteiger partial charge < -0.3 is 10.1 Å². The maximum atomic E-state index is 13.1. The van der Waals surface area contributed by atoms with Crippen molar-refractivity contribution in [1.82, 2.24) is 5.32 Å². The fourth-order valence-corrected chi connectivity index (χ4v) is 1.54. The van der Waals surface area contributed by atoms with Crippen LogP contribution in [0.3, 0.4) is 0 Å². The number of amides is 1. The molecule has 1 N–H and O–H groups in total. The molecule has 0 aromatic carbocycles. The number of hydrogen-bond acceptors (Lipinski definition) is 2. The molecule has 1 aliphatic carbocycles. The summed E-state index contributed by atoms with van der Waals surface area (Å²) < 4.78 is 42.4. The molecule has 0 aromatic heterocycles. The van der Waals surface area contributed by atoms with Gasteiger partial charge >= 0.3 is 6.09 Å². The highest BCUT2D eigenvalue weighted by Gasteiger charge is 2.35. The monoisotopic (exact) mass is 239 g/mol. The van der Waals surface area contributed by atoms with Gasteiger partial charge in [0.05, 0.1) is 6.04 Å². The van der Waals surface area contributed by atoms with E-state index in [2.05, 4.69) is 10.1 Å². The second kappa shape index (κ2) is 4.93. The third-order valence-electron chi connectivity index (χ3n) is 2.62. The Kier molecular flexibility index (Phi) is 4.04. The van der Waals surface area contributed by atoms with E-state index in [4.69, 9.17) is 0 Å². The number of carbonyl (C=O) groups is 1. The second-order valence-electron chi connectivity index (χ2n) is 4.49. The van der Waals surface area contributed by atoms with Crippen LogP contribution in [0, 0.1) is 0 Å². The van der Waals surface area contributed by atoms with E-state index in [-0.39, 0.29) is 0 Å². The van der Waals surface area contributed by atoms with Gasteiger partial charge in [0, 0.05) is 0 Å². The van der Waals surface area contributed by atoms with Gasteiger partial charge in [0.1, 0.15) is 6.17 Å². The smallest absolute Gasteiger partial charge is 0.408 e. The van der Waals surface area contributed by atoms with Crippen molar-refractivity contribution in [3.63, 3.8) is 0 Å². The quantitative estimate of drug-likeness (QED) is 0.822. The standard InChI is InChI=1S/C10H16F3NO2/c1-10(2,8(12)13)16-9(15)14-7-5-3-4-6(7)11/h6-8H,3-5H2,1-2H3,(H,14,15). The zero-order chi connectivity index (χ0) is 12.3. The Bertz CT molecular complexity index is 258. The van der Waals surface area contributed by atoms with Crippen LogP contribution < -0.4 is 5.32 Å². The molecule has 1 amide bonds. The van der Waals surface area contributed by atoms with E-state index in [1.54, 1.807) is 0 Å². The Morgan fingerprint density at radius 1 is 1.44 bits per heavy atom. The molecule has 94 valence electrons. The fourth-order valence-electron chi connectivity index (χ4n) is 1.54. The third kappa shape index (κ3) is 3.28. The summed E-state index contributed by atoms with van der Waals surface area (Å²) in [4.78, 5) is 11.2. The van der Waals surface area contributed by atoms with Crippen molar-refractivity contribution in [1.29, 1.82) is 0 Å². The van der Waals surface area contributed by atoms with E-state index in [0.717, 1.165) is 13.8 Å². The van der Waals surface area contributed by atoms with Crippen LogP contribution in [0.5, 0.6) is 0 Å². The zero-order valence-corrected chi connectivity index (χ0v) is 9.30. The average Bonchev–Trinajstić information content (AvgIpc) is 2.50. The number of carbonyl (C=O) groups excluding carboxylic acids is 1.